The number of aliphatic carboxylic acids is 1. The van der Waals surface area contributed by atoms with E-state index in [1.807, 2.05) is 0 Å². The molecule has 5 aliphatic rings. The molecule has 5 saturated carbocycles. The maximum atomic E-state index is 11.9. The molecule has 6 atom stereocenters. The Hall–Kier alpha value is -0.530. The molecular formula is C15H22O2. The quantitative estimate of drug-likeness (QED) is 0.756. The van der Waals surface area contributed by atoms with Crippen LogP contribution < -0.4 is 0 Å². The Labute approximate surface area is 103 Å². The fourth-order valence-corrected chi connectivity index (χ4v) is 6.84. The van der Waals surface area contributed by atoms with E-state index in [1.54, 1.807) is 0 Å². The summed E-state index contributed by atoms with van der Waals surface area (Å²) in [5, 5.41) is 9.79. The lowest BCUT2D eigenvalue weighted by molar-refractivity contribution is -0.149. The number of rotatable bonds is 1. The van der Waals surface area contributed by atoms with Gasteiger partial charge in [-0.3, -0.25) is 4.79 Å². The second kappa shape index (κ2) is 2.44. The molecule has 0 radical (unpaired) electrons. The van der Waals surface area contributed by atoms with E-state index >= 15 is 0 Å². The molecule has 0 aromatic rings. The van der Waals surface area contributed by atoms with Crippen LogP contribution in [0.4, 0.5) is 0 Å². The van der Waals surface area contributed by atoms with Gasteiger partial charge in [-0.2, -0.15) is 0 Å². The van der Waals surface area contributed by atoms with E-state index in [0.717, 1.165) is 6.42 Å². The second-order valence-electron chi connectivity index (χ2n) is 7.93. The molecule has 0 aromatic carbocycles. The average molecular weight is 234 g/mol. The van der Waals surface area contributed by atoms with Gasteiger partial charge in [0.1, 0.15) is 0 Å². The number of hydrogen-bond acceptors (Lipinski definition) is 1. The van der Waals surface area contributed by atoms with Crippen molar-refractivity contribution >= 4 is 5.97 Å². The first-order valence-electron chi connectivity index (χ1n) is 7.11. The van der Waals surface area contributed by atoms with Crippen LogP contribution in [0, 0.1) is 39.9 Å². The van der Waals surface area contributed by atoms with E-state index in [0.29, 0.717) is 29.1 Å². The lowest BCUT2D eigenvalue weighted by Crippen LogP contribution is -2.35. The van der Waals surface area contributed by atoms with Crippen molar-refractivity contribution in [3.05, 3.63) is 0 Å². The fourth-order valence-electron chi connectivity index (χ4n) is 6.84. The van der Waals surface area contributed by atoms with E-state index in [9.17, 15) is 9.90 Å². The van der Waals surface area contributed by atoms with Crippen molar-refractivity contribution in [3.63, 3.8) is 0 Å². The smallest absolute Gasteiger partial charge is 0.310 e. The summed E-state index contributed by atoms with van der Waals surface area (Å²) in [6, 6.07) is 0. The molecule has 17 heavy (non-hydrogen) atoms. The second-order valence-corrected chi connectivity index (χ2v) is 7.93. The Morgan fingerprint density at radius 3 is 2.47 bits per heavy atom. The van der Waals surface area contributed by atoms with E-state index in [1.165, 1.54) is 19.3 Å². The van der Waals surface area contributed by atoms with Crippen LogP contribution in [0.25, 0.3) is 0 Å². The van der Waals surface area contributed by atoms with E-state index in [2.05, 4.69) is 20.8 Å². The third-order valence-electron chi connectivity index (χ3n) is 7.30. The molecule has 5 aliphatic carbocycles. The lowest BCUT2D eigenvalue weighted by Gasteiger charge is -2.35. The zero-order valence-electron chi connectivity index (χ0n) is 11.0. The summed E-state index contributed by atoms with van der Waals surface area (Å²) in [7, 11) is 0. The van der Waals surface area contributed by atoms with Crippen LogP contribution in [-0.4, -0.2) is 11.1 Å². The Kier molecular flexibility index (Phi) is 1.49. The first-order valence-corrected chi connectivity index (χ1v) is 7.11. The van der Waals surface area contributed by atoms with Gasteiger partial charge in [-0.25, -0.2) is 0 Å². The third kappa shape index (κ3) is 0.768. The molecule has 1 N–H and O–H groups in total. The minimum absolute atomic E-state index is 0.118. The van der Waals surface area contributed by atoms with Gasteiger partial charge in [0.05, 0.1) is 5.41 Å². The normalized spacial score (nSPS) is 61.1. The summed E-state index contributed by atoms with van der Waals surface area (Å²) in [4.78, 5) is 11.9. The summed E-state index contributed by atoms with van der Waals surface area (Å²) in [5.41, 5.74) is 0.183. The van der Waals surface area contributed by atoms with Gasteiger partial charge in [0.25, 0.3) is 0 Å². The molecule has 5 fully saturated rings. The molecule has 0 aliphatic heterocycles. The molecule has 0 unspecified atom stereocenters. The topological polar surface area (TPSA) is 37.3 Å². The minimum Gasteiger partial charge on any atom is -0.481 e. The van der Waals surface area contributed by atoms with Gasteiger partial charge in [-0.1, -0.05) is 27.2 Å². The van der Waals surface area contributed by atoms with Crippen molar-refractivity contribution in [3.8, 4) is 0 Å². The van der Waals surface area contributed by atoms with Crippen molar-refractivity contribution in [2.24, 2.45) is 39.9 Å². The summed E-state index contributed by atoms with van der Waals surface area (Å²) in [6.07, 6.45) is 4.88. The Morgan fingerprint density at radius 2 is 1.82 bits per heavy atom. The number of hydrogen-bond donors (Lipinski definition) is 1. The zero-order valence-corrected chi connectivity index (χ0v) is 11.0. The Morgan fingerprint density at radius 1 is 1.12 bits per heavy atom. The molecule has 2 nitrogen and oxygen atoms in total. The van der Waals surface area contributed by atoms with Crippen LogP contribution in [0.2, 0.25) is 0 Å². The van der Waals surface area contributed by atoms with Crippen LogP contribution in [0.3, 0.4) is 0 Å². The summed E-state index contributed by atoms with van der Waals surface area (Å²) in [6.45, 7) is 7.07. The van der Waals surface area contributed by atoms with Gasteiger partial charge in [0, 0.05) is 0 Å². The average Bonchev–Trinajstić information content (AvgIpc) is 2.51. The summed E-state index contributed by atoms with van der Waals surface area (Å²) < 4.78 is 0. The zero-order chi connectivity index (χ0) is 12.2. The van der Waals surface area contributed by atoms with E-state index < -0.39 is 5.97 Å². The molecule has 94 valence electrons. The molecule has 0 heterocycles. The molecule has 2 heteroatoms. The van der Waals surface area contributed by atoms with Crippen molar-refractivity contribution in [2.75, 3.05) is 0 Å². The molecule has 0 amide bonds. The predicted molar refractivity (Wildman–Crippen MR) is 64.4 cm³/mol. The van der Waals surface area contributed by atoms with Crippen LogP contribution >= 0.6 is 0 Å². The molecule has 0 saturated heterocycles. The fraction of sp³-hybridized carbons (Fsp3) is 0.933. The molecule has 5 rings (SSSR count). The van der Waals surface area contributed by atoms with Crippen molar-refractivity contribution in [2.45, 2.75) is 46.5 Å². The highest BCUT2D eigenvalue weighted by Gasteiger charge is 2.91. The van der Waals surface area contributed by atoms with Crippen LogP contribution in [0.15, 0.2) is 0 Å². The number of carbonyl (C=O) groups is 1. The maximum Gasteiger partial charge on any atom is 0.310 e. The number of carboxylic acids is 1. The number of carboxylic acid groups (broad SMARTS) is 1. The van der Waals surface area contributed by atoms with Crippen LogP contribution in [0.5, 0.6) is 0 Å². The molecule has 0 spiro atoms. The first-order chi connectivity index (χ1) is 7.87. The van der Waals surface area contributed by atoms with Gasteiger partial charge >= 0.3 is 5.97 Å². The van der Waals surface area contributed by atoms with Crippen molar-refractivity contribution < 1.29 is 9.90 Å². The maximum absolute atomic E-state index is 11.9. The predicted octanol–water partition coefficient (Wildman–Crippen LogP) is 3.17. The SMILES string of the molecule is CC1(C)CCC[C@@]2(C)[C@H]3C[C@@H]4[C@H]([C@H]31)[C@@]42C(=O)O. The highest BCUT2D eigenvalue weighted by molar-refractivity contribution is 5.83. The minimum atomic E-state index is -0.474. The first kappa shape index (κ1) is 10.4. The lowest BCUT2D eigenvalue weighted by atomic mass is 9.69. The monoisotopic (exact) mass is 234 g/mol. The standard InChI is InChI=1S/C15H22O2/c1-13(2)5-4-6-14(3)8-7-9-11(10(8)13)15(9,14)12(16)17/h8-11H,4-7H2,1-3H3,(H,16,17)/t8-,9+,10-,11+,14-,15+/m0/s1. The largest absolute Gasteiger partial charge is 0.481 e. The van der Waals surface area contributed by atoms with Crippen molar-refractivity contribution in [1.29, 1.82) is 0 Å². The van der Waals surface area contributed by atoms with Crippen LogP contribution in [-0.2, 0) is 4.79 Å². The van der Waals surface area contributed by atoms with Crippen LogP contribution in [0.1, 0.15) is 46.5 Å². The molecule has 0 aromatic heterocycles. The molecule has 6 bridgehead atoms. The van der Waals surface area contributed by atoms with Gasteiger partial charge in [-0.05, 0) is 53.8 Å². The summed E-state index contributed by atoms with van der Waals surface area (Å²) >= 11 is 0. The third-order valence-corrected chi connectivity index (χ3v) is 7.30. The Balaban J connectivity index is 1.91. The Bertz CT molecular complexity index is 427. The van der Waals surface area contributed by atoms with Gasteiger partial charge in [0.2, 0.25) is 0 Å². The van der Waals surface area contributed by atoms with E-state index in [4.69, 9.17) is 0 Å². The summed E-state index contributed by atoms with van der Waals surface area (Å²) in [5.74, 6) is 1.96. The molecular weight excluding hydrogens is 212 g/mol. The van der Waals surface area contributed by atoms with Gasteiger partial charge in [0.15, 0.2) is 0 Å². The highest BCUT2D eigenvalue weighted by atomic mass is 16.4. The van der Waals surface area contributed by atoms with Crippen molar-refractivity contribution in [1.82, 2.24) is 0 Å². The highest BCUT2D eigenvalue weighted by Crippen LogP contribution is 2.91. The van der Waals surface area contributed by atoms with Gasteiger partial charge in [-0.15, -0.1) is 0 Å². The van der Waals surface area contributed by atoms with Gasteiger partial charge < -0.3 is 5.11 Å². The van der Waals surface area contributed by atoms with E-state index in [-0.39, 0.29) is 10.8 Å².